The maximum atomic E-state index is 14.9. The number of rotatable bonds is 9. The van der Waals surface area contributed by atoms with E-state index in [4.69, 9.17) is 21.2 Å². The van der Waals surface area contributed by atoms with Crippen molar-refractivity contribution in [3.8, 4) is 0 Å². The molecule has 3 aromatic rings. The first-order chi connectivity index (χ1) is 19.8. The molecule has 42 heavy (non-hydrogen) atoms. The van der Waals surface area contributed by atoms with Crippen molar-refractivity contribution in [3.05, 3.63) is 52.3 Å². The number of nitrogens with zero attached hydrogens (tertiary/aromatic N) is 5. The number of fused-ring (bicyclic) bond motifs is 1. The molecule has 0 aliphatic carbocycles. The zero-order valence-corrected chi connectivity index (χ0v) is 25.5. The summed E-state index contributed by atoms with van der Waals surface area (Å²) < 4.78 is 63.7. The van der Waals surface area contributed by atoms with E-state index in [1.165, 1.54) is 18.0 Å². The molecule has 0 bridgehead atoms. The van der Waals surface area contributed by atoms with Crippen LogP contribution in [0.2, 0.25) is 5.02 Å². The molecular formula is C26H31ClF4N6O4S. The number of ether oxygens (including phenoxy) is 1. The first-order valence-electron chi connectivity index (χ1n) is 12.5. The lowest BCUT2D eigenvalue weighted by Crippen LogP contribution is -2.36. The highest BCUT2D eigenvalue weighted by Gasteiger charge is 2.28. The van der Waals surface area contributed by atoms with Gasteiger partial charge in [-0.2, -0.15) is 0 Å². The van der Waals surface area contributed by atoms with Gasteiger partial charge in [0.15, 0.2) is 29.8 Å². The van der Waals surface area contributed by atoms with Crippen LogP contribution in [-0.2, 0) is 14.4 Å². The second-order valence-electron chi connectivity index (χ2n) is 9.22. The van der Waals surface area contributed by atoms with E-state index in [2.05, 4.69) is 15.5 Å². The Bertz CT molecular complexity index is 1450. The van der Waals surface area contributed by atoms with Gasteiger partial charge >= 0.3 is 6.09 Å². The largest absolute Gasteiger partial charge is 0.444 e. The smallest absolute Gasteiger partial charge is 0.410 e. The standard InChI is InChI=1S/C24H25ClF4N6O4S.C2H6/c1-24(2,3)39-23(37)33(4)9-8-30-22-31-19-18(28)17(27)11-14(20(19)35(22)40-29)21(32-38-5)34(12-36)13-6-7-16(26)15(25)10-13;1-2/h6-7,10-12H,8-9H2,1-5H3,(H,30,31);1-2H3/b32-21-;. The van der Waals surface area contributed by atoms with Crippen molar-refractivity contribution < 1.29 is 36.2 Å². The number of hydrogen-bond acceptors (Lipinski definition) is 8. The predicted molar refractivity (Wildman–Crippen MR) is 156 cm³/mol. The number of carbonyl (C=O) groups is 2. The molecule has 0 saturated carbocycles. The molecule has 2 aromatic carbocycles. The molecule has 0 aliphatic heterocycles. The first-order valence-corrected chi connectivity index (χ1v) is 13.6. The van der Waals surface area contributed by atoms with Crippen molar-refractivity contribution in [2.24, 2.45) is 5.16 Å². The molecule has 0 radical (unpaired) electrons. The Morgan fingerprint density at radius 1 is 1.21 bits per heavy atom. The van der Waals surface area contributed by atoms with Crippen molar-refractivity contribution in [1.82, 2.24) is 13.9 Å². The molecule has 0 fully saturated rings. The van der Waals surface area contributed by atoms with Crippen LogP contribution in [-0.4, -0.2) is 65.0 Å². The van der Waals surface area contributed by atoms with Gasteiger partial charge in [0.05, 0.1) is 21.8 Å². The SMILES string of the molecule is CC.CO/N=C(/c1cc(F)c(F)c2nc(NCCN(C)C(=O)OC(C)(C)C)n(SF)c12)N(C=O)c1ccc(F)c(Cl)c1. The second-order valence-corrected chi connectivity index (χ2v) is 10.1. The molecule has 0 spiro atoms. The number of aromatic nitrogens is 2. The van der Waals surface area contributed by atoms with Gasteiger partial charge in [-0.25, -0.2) is 26.9 Å². The van der Waals surface area contributed by atoms with Crippen LogP contribution in [0.5, 0.6) is 0 Å². The fourth-order valence-electron chi connectivity index (χ4n) is 3.46. The lowest BCUT2D eigenvalue weighted by Gasteiger charge is -2.24. The third-order valence-corrected chi connectivity index (χ3v) is 6.00. The van der Waals surface area contributed by atoms with Gasteiger partial charge in [-0.3, -0.25) is 9.69 Å². The Labute approximate surface area is 250 Å². The highest BCUT2D eigenvalue weighted by Crippen LogP contribution is 2.34. The van der Waals surface area contributed by atoms with E-state index < -0.39 is 40.5 Å². The van der Waals surface area contributed by atoms with E-state index in [1.807, 2.05) is 13.8 Å². The molecule has 3 rings (SSSR count). The van der Waals surface area contributed by atoms with Gasteiger partial charge in [0, 0.05) is 20.1 Å². The Kier molecular flexibility index (Phi) is 12.3. The van der Waals surface area contributed by atoms with E-state index in [9.17, 15) is 26.6 Å². The van der Waals surface area contributed by atoms with Gasteiger partial charge in [-0.05, 0) is 45.0 Å². The summed E-state index contributed by atoms with van der Waals surface area (Å²) in [4.78, 5) is 35.2. The summed E-state index contributed by atoms with van der Waals surface area (Å²) in [5.74, 6) is -4.17. The molecule has 230 valence electrons. The number of anilines is 2. The quantitative estimate of drug-likeness (QED) is 0.0912. The van der Waals surface area contributed by atoms with Crippen LogP contribution in [0.3, 0.4) is 0 Å². The number of hydrogen-bond donors (Lipinski definition) is 1. The average molecular weight is 635 g/mol. The van der Waals surface area contributed by atoms with Crippen LogP contribution >= 0.6 is 23.9 Å². The number of amidine groups is 1. The topological polar surface area (TPSA) is 101 Å². The fourth-order valence-corrected chi connectivity index (χ4v) is 4.06. The Morgan fingerprint density at radius 2 is 1.88 bits per heavy atom. The van der Waals surface area contributed by atoms with Crippen LogP contribution in [0.4, 0.5) is 33.5 Å². The Balaban J connectivity index is 0.00000301. The molecule has 1 aromatic heterocycles. The van der Waals surface area contributed by atoms with Crippen LogP contribution in [0.1, 0.15) is 40.2 Å². The van der Waals surface area contributed by atoms with Gasteiger partial charge in [-0.1, -0.05) is 30.6 Å². The third-order valence-electron chi connectivity index (χ3n) is 5.22. The van der Waals surface area contributed by atoms with Gasteiger partial charge in [0.25, 0.3) is 0 Å². The summed E-state index contributed by atoms with van der Waals surface area (Å²) in [5, 5.41) is 6.21. The molecule has 0 saturated heterocycles. The van der Waals surface area contributed by atoms with Crippen molar-refractivity contribution in [2.75, 3.05) is 37.5 Å². The molecule has 0 unspecified atom stereocenters. The zero-order valence-electron chi connectivity index (χ0n) is 24.0. The van der Waals surface area contributed by atoms with Crippen LogP contribution in [0.25, 0.3) is 11.0 Å². The van der Waals surface area contributed by atoms with Gasteiger partial charge < -0.3 is 19.8 Å². The predicted octanol–water partition coefficient (Wildman–Crippen LogP) is 6.76. The van der Waals surface area contributed by atoms with Crippen molar-refractivity contribution in [2.45, 2.75) is 40.2 Å². The lowest BCUT2D eigenvalue weighted by molar-refractivity contribution is -0.106. The average Bonchev–Trinajstić information content (AvgIpc) is 3.31. The van der Waals surface area contributed by atoms with Crippen LogP contribution in [0, 0.1) is 17.5 Å². The summed E-state index contributed by atoms with van der Waals surface area (Å²) >= 11 is 5.46. The van der Waals surface area contributed by atoms with Crippen molar-refractivity contribution in [3.63, 3.8) is 0 Å². The van der Waals surface area contributed by atoms with E-state index >= 15 is 0 Å². The minimum Gasteiger partial charge on any atom is -0.444 e. The van der Waals surface area contributed by atoms with Gasteiger partial charge in [-0.15, -0.1) is 3.89 Å². The number of nitrogens with one attached hydrogen (secondary N) is 1. The van der Waals surface area contributed by atoms with Crippen molar-refractivity contribution >= 4 is 64.9 Å². The Morgan fingerprint density at radius 3 is 2.43 bits per heavy atom. The number of amides is 2. The summed E-state index contributed by atoms with van der Waals surface area (Å²) in [6, 6.07) is 3.96. The first kappa shape index (κ1) is 34.5. The summed E-state index contributed by atoms with van der Waals surface area (Å²) in [6.45, 7) is 9.23. The summed E-state index contributed by atoms with van der Waals surface area (Å²) in [6.07, 6.45) is -0.350. The molecule has 0 atom stereocenters. The van der Waals surface area contributed by atoms with E-state index in [-0.39, 0.29) is 59.6 Å². The molecule has 1 N–H and O–H groups in total. The summed E-state index contributed by atoms with van der Waals surface area (Å²) in [5.41, 5.74) is -1.90. The number of imidazole rings is 1. The number of oxime groups is 1. The second kappa shape index (κ2) is 15.0. The molecule has 2 amide bonds. The molecule has 10 nitrogen and oxygen atoms in total. The number of carbonyl (C=O) groups excluding carboxylic acids is 2. The monoisotopic (exact) mass is 634 g/mol. The van der Waals surface area contributed by atoms with E-state index in [0.717, 1.165) is 28.1 Å². The minimum absolute atomic E-state index is 0.00224. The lowest BCUT2D eigenvalue weighted by atomic mass is 10.1. The summed E-state index contributed by atoms with van der Waals surface area (Å²) in [7, 11) is 2.62. The number of halogens is 5. The van der Waals surface area contributed by atoms with Crippen LogP contribution in [0.15, 0.2) is 29.4 Å². The Hall–Kier alpha value is -3.72. The molecular weight excluding hydrogens is 604 g/mol. The van der Waals surface area contributed by atoms with Gasteiger partial charge in [0.1, 0.15) is 24.0 Å². The minimum atomic E-state index is -1.39. The van der Waals surface area contributed by atoms with Crippen molar-refractivity contribution in [1.29, 1.82) is 0 Å². The number of benzene rings is 2. The zero-order chi connectivity index (χ0) is 31.8. The van der Waals surface area contributed by atoms with Gasteiger partial charge in [0.2, 0.25) is 12.4 Å². The maximum Gasteiger partial charge on any atom is 0.410 e. The molecule has 16 heteroatoms. The highest BCUT2D eigenvalue weighted by molar-refractivity contribution is 7.93. The van der Waals surface area contributed by atoms with E-state index in [1.54, 1.807) is 20.8 Å². The molecule has 1 heterocycles. The third kappa shape index (κ3) is 7.97. The maximum absolute atomic E-state index is 14.9. The highest BCUT2D eigenvalue weighted by atomic mass is 35.5. The molecule has 0 aliphatic rings. The number of likely N-dealkylation sites (N-methyl/N-ethyl adjacent to an activating group) is 1. The van der Waals surface area contributed by atoms with Crippen LogP contribution < -0.4 is 10.2 Å². The van der Waals surface area contributed by atoms with E-state index in [0.29, 0.717) is 6.07 Å². The normalized spacial score (nSPS) is 11.5. The fraction of sp³-hybridized carbons (Fsp3) is 0.385.